The topological polar surface area (TPSA) is 64.4 Å². The third-order valence-electron chi connectivity index (χ3n) is 3.30. The van der Waals surface area contributed by atoms with Gasteiger partial charge in [0, 0.05) is 27.3 Å². The van der Waals surface area contributed by atoms with Crippen molar-refractivity contribution in [3.8, 4) is 0 Å². The van der Waals surface area contributed by atoms with Crippen LogP contribution in [0.2, 0.25) is 0 Å². The summed E-state index contributed by atoms with van der Waals surface area (Å²) in [6.07, 6.45) is 2.19. The molecule has 0 bridgehead atoms. The van der Waals surface area contributed by atoms with Gasteiger partial charge in [-0.3, -0.25) is 14.2 Å². The first-order chi connectivity index (χ1) is 10.1. The summed E-state index contributed by atoms with van der Waals surface area (Å²) < 4.78 is 6.30. The molecule has 0 aliphatic rings. The number of carbonyl (C=O) groups is 1. The Morgan fingerprint density at radius 1 is 1.38 bits per heavy atom. The number of ether oxygens (including phenoxy) is 1. The molecular weight excluding hydrogens is 270 g/mol. The van der Waals surface area contributed by atoms with E-state index in [1.165, 1.54) is 10.9 Å². The molecule has 2 aromatic rings. The number of carbonyl (C=O) groups excluding carboxylic acids is 1. The monoisotopic (exact) mass is 289 g/mol. The van der Waals surface area contributed by atoms with Gasteiger partial charge in [0.25, 0.3) is 5.56 Å². The Morgan fingerprint density at radius 3 is 2.90 bits per heavy atom. The standard InChI is InChI=1S/C15H19N3O3/c1-17(8-5-9-21-2)14(19)10-18-11-16-13-7-4-3-6-12(13)15(18)20/h3-4,6-7,11H,5,8-10H2,1-2H3. The van der Waals surface area contributed by atoms with Gasteiger partial charge in [-0.1, -0.05) is 12.1 Å². The average Bonchev–Trinajstić information content (AvgIpc) is 2.50. The molecule has 1 aromatic carbocycles. The van der Waals surface area contributed by atoms with Crippen LogP contribution in [0.1, 0.15) is 6.42 Å². The van der Waals surface area contributed by atoms with Crippen LogP contribution in [0, 0.1) is 0 Å². The number of likely N-dealkylation sites (N-methyl/N-ethyl adjacent to an activating group) is 1. The fraction of sp³-hybridized carbons (Fsp3) is 0.400. The summed E-state index contributed by atoms with van der Waals surface area (Å²) >= 11 is 0. The zero-order chi connectivity index (χ0) is 15.2. The first-order valence-corrected chi connectivity index (χ1v) is 6.80. The fourth-order valence-corrected chi connectivity index (χ4v) is 2.06. The van der Waals surface area contributed by atoms with E-state index in [4.69, 9.17) is 4.74 Å². The zero-order valence-corrected chi connectivity index (χ0v) is 12.3. The maximum atomic E-state index is 12.3. The highest BCUT2D eigenvalue weighted by Crippen LogP contribution is 2.04. The van der Waals surface area contributed by atoms with Gasteiger partial charge in [0.15, 0.2) is 0 Å². The third-order valence-corrected chi connectivity index (χ3v) is 3.30. The molecule has 0 radical (unpaired) electrons. The van der Waals surface area contributed by atoms with E-state index in [2.05, 4.69) is 4.98 Å². The molecule has 2 rings (SSSR count). The van der Waals surface area contributed by atoms with Crippen molar-refractivity contribution in [3.63, 3.8) is 0 Å². The van der Waals surface area contributed by atoms with Crippen LogP contribution in [0.5, 0.6) is 0 Å². The molecule has 0 fully saturated rings. The summed E-state index contributed by atoms with van der Waals surface area (Å²) in [5.74, 6) is -0.120. The smallest absolute Gasteiger partial charge is 0.261 e. The third kappa shape index (κ3) is 3.66. The minimum absolute atomic E-state index is 0.000149. The lowest BCUT2D eigenvalue weighted by atomic mass is 10.2. The van der Waals surface area contributed by atoms with E-state index in [-0.39, 0.29) is 18.0 Å². The van der Waals surface area contributed by atoms with E-state index < -0.39 is 0 Å². The quantitative estimate of drug-likeness (QED) is 0.741. The molecule has 0 aliphatic heterocycles. The number of fused-ring (bicyclic) bond motifs is 1. The summed E-state index contributed by atoms with van der Waals surface area (Å²) in [5.41, 5.74) is 0.443. The molecule has 0 N–H and O–H groups in total. The van der Waals surface area contributed by atoms with Crippen molar-refractivity contribution in [1.29, 1.82) is 0 Å². The van der Waals surface area contributed by atoms with Crippen LogP contribution in [-0.4, -0.2) is 47.7 Å². The van der Waals surface area contributed by atoms with Gasteiger partial charge in [0.1, 0.15) is 6.54 Å². The van der Waals surface area contributed by atoms with Gasteiger partial charge in [0.2, 0.25) is 5.91 Å². The largest absolute Gasteiger partial charge is 0.385 e. The number of amides is 1. The number of para-hydroxylation sites is 1. The lowest BCUT2D eigenvalue weighted by molar-refractivity contribution is -0.130. The van der Waals surface area contributed by atoms with Crippen molar-refractivity contribution in [2.45, 2.75) is 13.0 Å². The highest BCUT2D eigenvalue weighted by Gasteiger charge is 2.11. The predicted molar refractivity (Wildman–Crippen MR) is 80.1 cm³/mol. The molecular formula is C15H19N3O3. The van der Waals surface area contributed by atoms with Crippen molar-refractivity contribution >= 4 is 16.8 Å². The Balaban J connectivity index is 2.11. The molecule has 0 saturated heterocycles. The Bertz CT molecular complexity index is 681. The number of aromatic nitrogens is 2. The van der Waals surface area contributed by atoms with Gasteiger partial charge in [0.05, 0.1) is 17.2 Å². The molecule has 0 unspecified atom stereocenters. The second kappa shape index (κ2) is 6.99. The lowest BCUT2D eigenvalue weighted by Gasteiger charge is -2.17. The lowest BCUT2D eigenvalue weighted by Crippen LogP contribution is -2.34. The molecule has 112 valence electrons. The SMILES string of the molecule is COCCCN(C)C(=O)Cn1cnc2ccccc2c1=O. The number of rotatable bonds is 6. The highest BCUT2D eigenvalue weighted by atomic mass is 16.5. The molecule has 1 aromatic heterocycles. The summed E-state index contributed by atoms with van der Waals surface area (Å²) in [4.78, 5) is 30.2. The molecule has 0 saturated carbocycles. The van der Waals surface area contributed by atoms with Crippen molar-refractivity contribution in [2.75, 3.05) is 27.3 Å². The molecule has 6 nitrogen and oxygen atoms in total. The molecule has 6 heteroatoms. The molecule has 1 amide bonds. The Morgan fingerprint density at radius 2 is 2.14 bits per heavy atom. The molecule has 21 heavy (non-hydrogen) atoms. The zero-order valence-electron chi connectivity index (χ0n) is 12.3. The summed E-state index contributed by atoms with van der Waals surface area (Å²) in [6.45, 7) is 1.21. The number of methoxy groups -OCH3 is 1. The van der Waals surface area contributed by atoms with Crippen LogP contribution < -0.4 is 5.56 Å². The van der Waals surface area contributed by atoms with Gasteiger partial charge in [-0.05, 0) is 18.6 Å². The van der Waals surface area contributed by atoms with Crippen molar-refractivity contribution in [2.24, 2.45) is 0 Å². The van der Waals surface area contributed by atoms with E-state index >= 15 is 0 Å². The normalized spacial score (nSPS) is 10.8. The van der Waals surface area contributed by atoms with Crippen LogP contribution in [0.25, 0.3) is 10.9 Å². The van der Waals surface area contributed by atoms with Gasteiger partial charge in [-0.2, -0.15) is 0 Å². The Labute approximate surface area is 123 Å². The fourth-order valence-electron chi connectivity index (χ4n) is 2.06. The van der Waals surface area contributed by atoms with Crippen LogP contribution in [0.3, 0.4) is 0 Å². The van der Waals surface area contributed by atoms with E-state index in [9.17, 15) is 9.59 Å². The minimum Gasteiger partial charge on any atom is -0.385 e. The van der Waals surface area contributed by atoms with Gasteiger partial charge in [-0.15, -0.1) is 0 Å². The van der Waals surface area contributed by atoms with Crippen molar-refractivity contribution in [1.82, 2.24) is 14.5 Å². The molecule has 0 aliphatic carbocycles. The van der Waals surface area contributed by atoms with E-state index in [0.717, 1.165) is 6.42 Å². The predicted octanol–water partition coefficient (Wildman–Crippen LogP) is 0.891. The number of nitrogens with zero attached hydrogens (tertiary/aromatic N) is 3. The first-order valence-electron chi connectivity index (χ1n) is 6.80. The number of hydrogen-bond acceptors (Lipinski definition) is 4. The number of benzene rings is 1. The van der Waals surface area contributed by atoms with Crippen LogP contribution in [0.4, 0.5) is 0 Å². The maximum Gasteiger partial charge on any atom is 0.261 e. The molecule has 0 spiro atoms. The van der Waals surface area contributed by atoms with E-state index in [1.54, 1.807) is 37.3 Å². The Kier molecular flexibility index (Phi) is 5.05. The van der Waals surface area contributed by atoms with E-state index in [0.29, 0.717) is 24.1 Å². The first kappa shape index (κ1) is 15.2. The van der Waals surface area contributed by atoms with Crippen LogP contribution >= 0.6 is 0 Å². The van der Waals surface area contributed by atoms with Gasteiger partial charge in [-0.25, -0.2) is 4.98 Å². The summed E-state index contributed by atoms with van der Waals surface area (Å²) in [6, 6.07) is 7.11. The average molecular weight is 289 g/mol. The van der Waals surface area contributed by atoms with Gasteiger partial charge >= 0.3 is 0 Å². The maximum absolute atomic E-state index is 12.3. The summed E-state index contributed by atoms with van der Waals surface area (Å²) in [5, 5.41) is 0.523. The van der Waals surface area contributed by atoms with Crippen LogP contribution in [0.15, 0.2) is 35.4 Å². The van der Waals surface area contributed by atoms with E-state index in [1.807, 2.05) is 6.07 Å². The van der Waals surface area contributed by atoms with Crippen molar-refractivity contribution in [3.05, 3.63) is 40.9 Å². The number of hydrogen-bond donors (Lipinski definition) is 0. The van der Waals surface area contributed by atoms with Crippen LogP contribution in [-0.2, 0) is 16.1 Å². The minimum atomic E-state index is -0.195. The molecule has 1 heterocycles. The Hall–Kier alpha value is -2.21. The highest BCUT2D eigenvalue weighted by molar-refractivity contribution is 5.78. The van der Waals surface area contributed by atoms with Crippen molar-refractivity contribution < 1.29 is 9.53 Å². The molecule has 0 atom stereocenters. The second-order valence-corrected chi connectivity index (χ2v) is 4.86. The summed E-state index contributed by atoms with van der Waals surface area (Å²) in [7, 11) is 3.35. The second-order valence-electron chi connectivity index (χ2n) is 4.86. The van der Waals surface area contributed by atoms with Gasteiger partial charge < -0.3 is 9.64 Å².